The minimum absolute atomic E-state index is 0.106. The van der Waals surface area contributed by atoms with Gasteiger partial charge >= 0.3 is 0 Å². The average Bonchev–Trinajstić information content (AvgIpc) is 2.40. The second kappa shape index (κ2) is 6.20. The molecule has 0 aliphatic carbocycles. The molecule has 92 valence electrons. The Bertz CT molecular complexity index is 537. The van der Waals surface area contributed by atoms with Crippen LogP contribution in [0.3, 0.4) is 0 Å². The number of carbonyl (C=O) groups is 1. The summed E-state index contributed by atoms with van der Waals surface area (Å²) < 4.78 is 1.11. The molecule has 0 spiro atoms. The van der Waals surface area contributed by atoms with E-state index in [0.29, 0.717) is 11.4 Å². The molecular weight excluding hydrogens is 361 g/mol. The van der Waals surface area contributed by atoms with Gasteiger partial charge in [-0.25, -0.2) is 0 Å². The molecule has 0 aliphatic rings. The van der Waals surface area contributed by atoms with Crippen LogP contribution in [0.4, 0.5) is 5.69 Å². The van der Waals surface area contributed by atoms with E-state index in [9.17, 15) is 4.79 Å². The summed E-state index contributed by atoms with van der Waals surface area (Å²) >= 11 is 7.91. The number of amides is 1. The average molecular weight is 372 g/mol. The van der Waals surface area contributed by atoms with Gasteiger partial charge in [0.15, 0.2) is 0 Å². The summed E-state index contributed by atoms with van der Waals surface area (Å²) in [7, 11) is 0. The monoisotopic (exact) mass is 371 g/mol. The summed E-state index contributed by atoms with van der Waals surface area (Å²) in [5.74, 6) is 0.371. The maximum Gasteiger partial charge on any atom is 0.255 e. The summed E-state index contributed by atoms with van der Waals surface area (Å²) in [4.78, 5) is 11.9. The molecule has 2 aromatic carbocycles. The molecule has 1 amide bonds. The quantitative estimate of drug-likeness (QED) is 0.633. The Labute approximate surface area is 124 Å². The third-order valence-electron chi connectivity index (χ3n) is 2.47. The normalized spacial score (nSPS) is 10.1. The van der Waals surface area contributed by atoms with Crippen molar-refractivity contribution in [1.29, 1.82) is 0 Å². The molecule has 2 rings (SSSR count). The van der Waals surface area contributed by atoms with E-state index >= 15 is 0 Å². The maximum absolute atomic E-state index is 11.9. The predicted octanol–water partition coefficient (Wildman–Crippen LogP) is 4.28. The molecule has 18 heavy (non-hydrogen) atoms. The number of rotatable bonds is 3. The third kappa shape index (κ3) is 3.46. The second-order valence-corrected chi connectivity index (χ2v) is 5.30. The highest BCUT2D eigenvalue weighted by atomic mass is 127. The molecular formula is C14H11ClINO. The Morgan fingerprint density at radius 2 is 1.67 bits per heavy atom. The number of benzene rings is 2. The van der Waals surface area contributed by atoms with Crippen LogP contribution in [0, 0.1) is 3.57 Å². The summed E-state index contributed by atoms with van der Waals surface area (Å²) in [5, 5.41) is 2.84. The zero-order valence-corrected chi connectivity index (χ0v) is 12.4. The molecule has 0 radical (unpaired) electrons. The summed E-state index contributed by atoms with van der Waals surface area (Å²) in [6.45, 7) is 0. The number of alkyl halides is 1. The fourth-order valence-corrected chi connectivity index (χ4v) is 2.02. The van der Waals surface area contributed by atoms with Gasteiger partial charge in [-0.1, -0.05) is 12.1 Å². The summed E-state index contributed by atoms with van der Waals surface area (Å²) in [5.41, 5.74) is 2.45. The van der Waals surface area contributed by atoms with E-state index in [1.807, 2.05) is 48.5 Å². The largest absolute Gasteiger partial charge is 0.322 e. The van der Waals surface area contributed by atoms with Crippen LogP contribution in [0.15, 0.2) is 48.5 Å². The number of halogens is 2. The first-order chi connectivity index (χ1) is 8.69. The fourth-order valence-electron chi connectivity index (χ4n) is 1.48. The SMILES string of the molecule is O=C(Nc1ccc(CCl)cc1)c1ccc(I)cc1. The highest BCUT2D eigenvalue weighted by Gasteiger charge is 2.05. The second-order valence-electron chi connectivity index (χ2n) is 3.79. The molecule has 0 fully saturated rings. The van der Waals surface area contributed by atoms with Crippen molar-refractivity contribution in [3.63, 3.8) is 0 Å². The number of nitrogens with one attached hydrogen (secondary N) is 1. The van der Waals surface area contributed by atoms with E-state index < -0.39 is 0 Å². The number of carbonyl (C=O) groups excluding carboxylic acids is 1. The Balaban J connectivity index is 2.08. The third-order valence-corrected chi connectivity index (χ3v) is 3.50. The van der Waals surface area contributed by atoms with Crippen LogP contribution >= 0.6 is 34.2 Å². The van der Waals surface area contributed by atoms with Gasteiger partial charge in [0.1, 0.15) is 0 Å². The first kappa shape index (κ1) is 13.4. The zero-order chi connectivity index (χ0) is 13.0. The van der Waals surface area contributed by atoms with Crippen LogP contribution in [0.2, 0.25) is 0 Å². The Hall–Kier alpha value is -1.07. The molecule has 0 unspecified atom stereocenters. The molecule has 0 aliphatic heterocycles. The van der Waals surface area contributed by atoms with Crippen LogP contribution in [0.5, 0.6) is 0 Å². The van der Waals surface area contributed by atoms with Crippen LogP contribution in [0.1, 0.15) is 15.9 Å². The van der Waals surface area contributed by atoms with E-state index in [2.05, 4.69) is 27.9 Å². The van der Waals surface area contributed by atoms with E-state index in [4.69, 9.17) is 11.6 Å². The molecule has 0 atom stereocenters. The topological polar surface area (TPSA) is 29.1 Å². The van der Waals surface area contributed by atoms with E-state index in [1.54, 1.807) is 0 Å². The first-order valence-corrected chi connectivity index (χ1v) is 7.02. The Kier molecular flexibility index (Phi) is 4.60. The lowest BCUT2D eigenvalue weighted by Gasteiger charge is -2.06. The van der Waals surface area contributed by atoms with Gasteiger partial charge in [0, 0.05) is 20.7 Å². The minimum Gasteiger partial charge on any atom is -0.322 e. The summed E-state index contributed by atoms with van der Waals surface area (Å²) in [6.07, 6.45) is 0. The van der Waals surface area contributed by atoms with Crippen molar-refractivity contribution in [2.24, 2.45) is 0 Å². The molecule has 0 saturated heterocycles. The number of anilines is 1. The van der Waals surface area contributed by atoms with Crippen LogP contribution < -0.4 is 5.32 Å². The lowest BCUT2D eigenvalue weighted by atomic mass is 10.2. The minimum atomic E-state index is -0.106. The van der Waals surface area contributed by atoms with Gasteiger partial charge in [0.2, 0.25) is 0 Å². The smallest absolute Gasteiger partial charge is 0.255 e. The van der Waals surface area contributed by atoms with E-state index in [0.717, 1.165) is 14.8 Å². The van der Waals surface area contributed by atoms with Gasteiger partial charge in [-0.05, 0) is 64.6 Å². The molecule has 0 bridgehead atoms. The van der Waals surface area contributed by atoms with E-state index in [1.165, 1.54) is 0 Å². The Morgan fingerprint density at radius 3 is 2.22 bits per heavy atom. The van der Waals surface area contributed by atoms with Crippen molar-refractivity contribution < 1.29 is 4.79 Å². The van der Waals surface area contributed by atoms with Gasteiger partial charge in [0.05, 0.1) is 0 Å². The van der Waals surface area contributed by atoms with Gasteiger partial charge < -0.3 is 5.32 Å². The van der Waals surface area contributed by atoms with Gasteiger partial charge in [-0.3, -0.25) is 4.79 Å². The van der Waals surface area contributed by atoms with Gasteiger partial charge in [-0.2, -0.15) is 0 Å². The molecule has 1 N–H and O–H groups in total. The molecule has 4 heteroatoms. The molecule has 2 aromatic rings. The van der Waals surface area contributed by atoms with Crippen LogP contribution in [-0.4, -0.2) is 5.91 Å². The standard InChI is InChI=1S/C14H11ClINO/c15-9-10-1-7-13(8-2-10)17-14(18)11-3-5-12(16)6-4-11/h1-8H,9H2,(H,17,18). The van der Waals surface area contributed by atoms with Gasteiger partial charge in [-0.15, -0.1) is 11.6 Å². The molecule has 0 aromatic heterocycles. The van der Waals surface area contributed by atoms with Gasteiger partial charge in [0.25, 0.3) is 5.91 Å². The maximum atomic E-state index is 11.9. The van der Waals surface area contributed by atoms with Crippen LogP contribution in [-0.2, 0) is 5.88 Å². The first-order valence-electron chi connectivity index (χ1n) is 5.41. The van der Waals surface area contributed by atoms with Crippen LogP contribution in [0.25, 0.3) is 0 Å². The molecule has 2 nitrogen and oxygen atoms in total. The lowest BCUT2D eigenvalue weighted by molar-refractivity contribution is 0.102. The number of hydrogen-bond acceptors (Lipinski definition) is 1. The molecule has 0 heterocycles. The lowest BCUT2D eigenvalue weighted by Crippen LogP contribution is -2.11. The highest BCUT2D eigenvalue weighted by Crippen LogP contribution is 2.13. The highest BCUT2D eigenvalue weighted by molar-refractivity contribution is 14.1. The Morgan fingerprint density at radius 1 is 1.06 bits per heavy atom. The zero-order valence-electron chi connectivity index (χ0n) is 9.49. The summed E-state index contributed by atoms with van der Waals surface area (Å²) in [6, 6.07) is 14.9. The molecule has 0 saturated carbocycles. The predicted molar refractivity (Wildman–Crippen MR) is 83.1 cm³/mol. The van der Waals surface area contributed by atoms with E-state index in [-0.39, 0.29) is 5.91 Å². The van der Waals surface area contributed by atoms with Crippen molar-refractivity contribution in [2.45, 2.75) is 5.88 Å². The number of hydrogen-bond donors (Lipinski definition) is 1. The van der Waals surface area contributed by atoms with Crippen molar-refractivity contribution in [3.05, 3.63) is 63.2 Å². The van der Waals surface area contributed by atoms with Crippen molar-refractivity contribution in [1.82, 2.24) is 0 Å². The van der Waals surface area contributed by atoms with Crippen molar-refractivity contribution >= 4 is 45.8 Å². The van der Waals surface area contributed by atoms with Crippen molar-refractivity contribution in [3.8, 4) is 0 Å². The fraction of sp³-hybridized carbons (Fsp3) is 0.0714. The van der Waals surface area contributed by atoms with Crippen molar-refractivity contribution in [2.75, 3.05) is 5.32 Å².